The van der Waals surface area contributed by atoms with Crippen molar-refractivity contribution < 1.29 is 4.79 Å². The van der Waals surface area contributed by atoms with Gasteiger partial charge in [-0.1, -0.05) is 34.5 Å². The normalized spacial score (nSPS) is 23.0. The van der Waals surface area contributed by atoms with Gasteiger partial charge in [-0.3, -0.25) is 10.2 Å². The number of likely N-dealkylation sites (N-methyl/N-ethyl adjacent to an activating group) is 1. The van der Waals surface area contributed by atoms with Gasteiger partial charge in [0.1, 0.15) is 4.34 Å². The van der Waals surface area contributed by atoms with Crippen LogP contribution in [0.15, 0.2) is 24.4 Å². The molecule has 4 rings (SSSR count). The van der Waals surface area contributed by atoms with E-state index < -0.39 is 0 Å². The van der Waals surface area contributed by atoms with Crippen molar-refractivity contribution in [2.45, 2.75) is 11.8 Å². The summed E-state index contributed by atoms with van der Waals surface area (Å²) in [5.74, 6) is 0. The van der Waals surface area contributed by atoms with Crippen molar-refractivity contribution in [3.05, 3.63) is 39.3 Å². The van der Waals surface area contributed by atoms with E-state index in [1.165, 1.54) is 17.5 Å². The Morgan fingerprint density at radius 3 is 2.88 bits per heavy atom. The Bertz CT molecular complexity index is 811. The molecule has 1 atom stereocenters. The van der Waals surface area contributed by atoms with Gasteiger partial charge in [-0.05, 0) is 43.8 Å². The zero-order valence-electron chi connectivity index (χ0n) is 13.1. The van der Waals surface area contributed by atoms with Crippen LogP contribution in [-0.2, 0) is 5.41 Å². The number of urea groups is 1. The van der Waals surface area contributed by atoms with Crippen LogP contribution in [0.25, 0.3) is 0 Å². The number of nitrogens with zero attached hydrogens (tertiary/aromatic N) is 3. The van der Waals surface area contributed by atoms with E-state index in [-0.39, 0.29) is 11.4 Å². The van der Waals surface area contributed by atoms with E-state index in [1.807, 2.05) is 18.2 Å². The SMILES string of the molecule is CN1CCC2(C1)CN(C(=O)Nc1ncc(Cl)s1)c1ccc(Cl)cc12. The molecule has 8 heteroatoms. The Morgan fingerprint density at radius 1 is 1.38 bits per heavy atom. The zero-order valence-corrected chi connectivity index (χ0v) is 15.4. The molecule has 0 saturated carbocycles. The molecule has 1 unspecified atom stereocenters. The third-order valence-corrected chi connectivity index (χ3v) is 6.03. The van der Waals surface area contributed by atoms with Gasteiger partial charge in [0.15, 0.2) is 5.13 Å². The number of hydrogen-bond donors (Lipinski definition) is 1. The van der Waals surface area contributed by atoms with Crippen LogP contribution < -0.4 is 10.2 Å². The number of aromatic nitrogens is 1. The fraction of sp³-hybridized carbons (Fsp3) is 0.375. The lowest BCUT2D eigenvalue weighted by Gasteiger charge is -2.25. The Hall–Kier alpha value is -1.34. The molecular formula is C16H16Cl2N4OS. The van der Waals surface area contributed by atoms with Crippen LogP contribution in [0.3, 0.4) is 0 Å². The molecular weight excluding hydrogens is 367 g/mol. The first-order valence-corrected chi connectivity index (χ1v) is 9.23. The zero-order chi connectivity index (χ0) is 16.9. The Morgan fingerprint density at radius 2 is 2.21 bits per heavy atom. The van der Waals surface area contributed by atoms with E-state index in [2.05, 4.69) is 22.2 Å². The first-order chi connectivity index (χ1) is 11.5. The molecule has 1 aromatic carbocycles. The number of hydrogen-bond acceptors (Lipinski definition) is 4. The summed E-state index contributed by atoms with van der Waals surface area (Å²) in [6.07, 6.45) is 2.55. The van der Waals surface area contributed by atoms with Gasteiger partial charge in [0.05, 0.1) is 6.20 Å². The predicted molar refractivity (Wildman–Crippen MR) is 98.7 cm³/mol. The number of anilines is 2. The summed E-state index contributed by atoms with van der Waals surface area (Å²) in [5.41, 5.74) is 2.04. The van der Waals surface area contributed by atoms with Crippen LogP contribution in [0, 0.1) is 0 Å². The standard InChI is InChI=1S/C16H16Cl2N4OS/c1-21-5-4-16(8-21)9-22(12-3-2-10(17)6-11(12)16)15(23)20-14-19-7-13(18)24-14/h2-3,6-7H,4-5,8-9H2,1H3,(H,19,20,23). The summed E-state index contributed by atoms with van der Waals surface area (Å²) < 4.78 is 0.549. The van der Waals surface area contributed by atoms with Crippen molar-refractivity contribution in [1.29, 1.82) is 0 Å². The number of carbonyl (C=O) groups is 1. The van der Waals surface area contributed by atoms with Crippen LogP contribution in [0.1, 0.15) is 12.0 Å². The molecule has 2 aliphatic rings. The lowest BCUT2D eigenvalue weighted by atomic mass is 9.81. The van der Waals surface area contributed by atoms with Gasteiger partial charge in [0.25, 0.3) is 0 Å². The van der Waals surface area contributed by atoms with E-state index in [1.54, 1.807) is 4.90 Å². The number of thiazole rings is 1. The largest absolute Gasteiger partial charge is 0.328 e. The molecule has 0 aliphatic carbocycles. The minimum atomic E-state index is -0.184. The second kappa shape index (κ2) is 5.88. The van der Waals surface area contributed by atoms with Crippen molar-refractivity contribution >= 4 is 51.4 Å². The topological polar surface area (TPSA) is 48.5 Å². The average molecular weight is 383 g/mol. The maximum atomic E-state index is 12.8. The molecule has 24 heavy (non-hydrogen) atoms. The highest BCUT2D eigenvalue weighted by molar-refractivity contribution is 7.19. The van der Waals surface area contributed by atoms with Gasteiger partial charge < -0.3 is 4.90 Å². The summed E-state index contributed by atoms with van der Waals surface area (Å²) in [4.78, 5) is 21.0. The Balaban J connectivity index is 1.67. The lowest BCUT2D eigenvalue weighted by molar-refractivity contribution is 0.256. The van der Waals surface area contributed by atoms with Gasteiger partial charge in [0, 0.05) is 29.2 Å². The van der Waals surface area contributed by atoms with Gasteiger partial charge in [-0.25, -0.2) is 9.78 Å². The van der Waals surface area contributed by atoms with Crippen LogP contribution in [0.5, 0.6) is 0 Å². The van der Waals surface area contributed by atoms with Crippen molar-refractivity contribution in [2.75, 3.05) is 36.9 Å². The smallest absolute Gasteiger partial charge is 0.305 e. The highest BCUT2D eigenvalue weighted by Crippen LogP contribution is 2.47. The Labute approximate surface area is 154 Å². The van der Waals surface area contributed by atoms with Gasteiger partial charge in [0.2, 0.25) is 0 Å². The van der Waals surface area contributed by atoms with Gasteiger partial charge in [-0.15, -0.1) is 0 Å². The van der Waals surface area contributed by atoms with Crippen molar-refractivity contribution in [3.63, 3.8) is 0 Å². The predicted octanol–water partition coefficient (Wildman–Crippen LogP) is 4.08. The van der Waals surface area contributed by atoms with Gasteiger partial charge >= 0.3 is 6.03 Å². The number of benzene rings is 1. The molecule has 1 spiro atoms. The molecule has 1 N–H and O–H groups in total. The Kier molecular flexibility index (Phi) is 3.95. The van der Waals surface area contributed by atoms with Crippen molar-refractivity contribution in [3.8, 4) is 0 Å². The first kappa shape index (κ1) is 16.1. The quantitative estimate of drug-likeness (QED) is 0.808. The van der Waals surface area contributed by atoms with Gasteiger partial charge in [-0.2, -0.15) is 0 Å². The maximum absolute atomic E-state index is 12.8. The molecule has 0 bridgehead atoms. The second-order valence-electron chi connectivity index (χ2n) is 6.42. The highest BCUT2D eigenvalue weighted by Gasteiger charge is 2.48. The number of nitrogens with one attached hydrogen (secondary N) is 1. The monoisotopic (exact) mass is 382 g/mol. The summed E-state index contributed by atoms with van der Waals surface area (Å²) in [6, 6.07) is 5.58. The molecule has 0 radical (unpaired) electrons. The van der Waals surface area contributed by atoms with E-state index >= 15 is 0 Å². The molecule has 1 aromatic heterocycles. The number of likely N-dealkylation sites (tertiary alicyclic amines) is 1. The molecule has 126 valence electrons. The lowest BCUT2D eigenvalue weighted by Crippen LogP contribution is -2.40. The van der Waals surface area contributed by atoms with E-state index in [0.29, 0.717) is 21.0 Å². The summed E-state index contributed by atoms with van der Waals surface area (Å²) >= 11 is 13.4. The third kappa shape index (κ3) is 2.67. The molecule has 1 saturated heterocycles. The highest BCUT2D eigenvalue weighted by atomic mass is 35.5. The number of amides is 2. The minimum absolute atomic E-state index is 0.0488. The molecule has 3 heterocycles. The number of carbonyl (C=O) groups excluding carboxylic acids is 1. The number of fused-ring (bicyclic) bond motifs is 2. The van der Waals surface area contributed by atoms with Crippen molar-refractivity contribution in [2.24, 2.45) is 0 Å². The minimum Gasteiger partial charge on any atom is -0.305 e. The molecule has 2 aliphatic heterocycles. The van der Waals surface area contributed by atoms with Crippen molar-refractivity contribution in [1.82, 2.24) is 9.88 Å². The van der Waals surface area contributed by atoms with Crippen LogP contribution in [0.4, 0.5) is 15.6 Å². The molecule has 2 aromatic rings. The van der Waals surface area contributed by atoms with E-state index in [0.717, 1.165) is 30.8 Å². The summed E-state index contributed by atoms with van der Waals surface area (Å²) in [6.45, 7) is 2.59. The fourth-order valence-corrected chi connectivity index (χ4v) is 4.70. The average Bonchev–Trinajstić information content (AvgIpc) is 3.20. The van der Waals surface area contributed by atoms with E-state index in [4.69, 9.17) is 23.2 Å². The third-order valence-electron chi connectivity index (χ3n) is 4.76. The number of rotatable bonds is 1. The molecule has 2 amide bonds. The molecule has 5 nitrogen and oxygen atoms in total. The van der Waals surface area contributed by atoms with Crippen LogP contribution in [0.2, 0.25) is 9.36 Å². The van der Waals surface area contributed by atoms with Crippen LogP contribution in [-0.4, -0.2) is 42.6 Å². The van der Waals surface area contributed by atoms with Crippen LogP contribution >= 0.6 is 34.5 Å². The number of halogens is 2. The van der Waals surface area contributed by atoms with E-state index in [9.17, 15) is 4.79 Å². The fourth-order valence-electron chi connectivity index (χ4n) is 3.72. The summed E-state index contributed by atoms with van der Waals surface area (Å²) in [7, 11) is 2.11. The second-order valence-corrected chi connectivity index (χ2v) is 8.51. The maximum Gasteiger partial charge on any atom is 0.328 e. The summed E-state index contributed by atoms with van der Waals surface area (Å²) in [5, 5.41) is 4.05. The first-order valence-electron chi connectivity index (χ1n) is 7.65. The molecule has 1 fully saturated rings.